The Balaban J connectivity index is 2.09. The van der Waals surface area contributed by atoms with Crippen LogP contribution in [0, 0.1) is 5.41 Å². The Morgan fingerprint density at radius 2 is 1.91 bits per heavy atom. The number of hydrogen-bond acceptors (Lipinski definition) is 0. The lowest BCUT2D eigenvalue weighted by atomic mass is 9.73. The number of allylic oxidation sites excluding steroid dienone is 2. The third kappa shape index (κ3) is 1.36. The van der Waals surface area contributed by atoms with Gasteiger partial charge in [0.05, 0.1) is 0 Å². The second-order valence-electron chi connectivity index (χ2n) is 4.47. The van der Waals surface area contributed by atoms with Gasteiger partial charge in [0.2, 0.25) is 0 Å². The summed E-state index contributed by atoms with van der Waals surface area (Å²) < 4.78 is 0. The lowest BCUT2D eigenvalue weighted by Crippen LogP contribution is -2.19. The molecular weight excluding hydrogens is 132 g/mol. The first kappa shape index (κ1) is 7.39. The van der Waals surface area contributed by atoms with Gasteiger partial charge in [0.1, 0.15) is 0 Å². The molecule has 62 valence electrons. The van der Waals surface area contributed by atoms with Crippen LogP contribution in [0.4, 0.5) is 0 Å². The summed E-state index contributed by atoms with van der Waals surface area (Å²) in [5.74, 6) is 0. The molecule has 0 bridgehead atoms. The third-order valence-corrected chi connectivity index (χ3v) is 3.49. The minimum atomic E-state index is 0.777. The number of hydrogen-bond donors (Lipinski definition) is 0. The highest BCUT2D eigenvalue weighted by Gasteiger charge is 2.34. The molecule has 11 heavy (non-hydrogen) atoms. The molecule has 2 aliphatic carbocycles. The maximum Gasteiger partial charge on any atom is -0.0257 e. The topological polar surface area (TPSA) is 0 Å². The first-order valence-corrected chi connectivity index (χ1v) is 4.96. The van der Waals surface area contributed by atoms with Gasteiger partial charge in [-0.05, 0) is 44.4 Å². The van der Waals surface area contributed by atoms with Crippen molar-refractivity contribution in [2.24, 2.45) is 5.41 Å². The van der Waals surface area contributed by atoms with E-state index in [0.29, 0.717) is 0 Å². The molecule has 0 nitrogen and oxygen atoms in total. The predicted molar refractivity (Wildman–Crippen MR) is 48.5 cm³/mol. The summed E-state index contributed by atoms with van der Waals surface area (Å²) in [6, 6.07) is 0. The van der Waals surface area contributed by atoms with E-state index in [1.54, 1.807) is 5.57 Å². The summed E-state index contributed by atoms with van der Waals surface area (Å²) in [4.78, 5) is 0. The quantitative estimate of drug-likeness (QED) is 0.462. The summed E-state index contributed by atoms with van der Waals surface area (Å²) in [6.45, 7) is 2.30. The van der Waals surface area contributed by atoms with Crippen LogP contribution in [0.2, 0.25) is 0 Å². The molecular formula is C11H18. The third-order valence-electron chi connectivity index (χ3n) is 3.49. The van der Waals surface area contributed by atoms with E-state index < -0.39 is 0 Å². The minimum Gasteiger partial charge on any atom is -0.0856 e. The van der Waals surface area contributed by atoms with Crippen molar-refractivity contribution in [1.82, 2.24) is 0 Å². The minimum absolute atomic E-state index is 0.777. The monoisotopic (exact) mass is 150 g/mol. The molecule has 0 radical (unpaired) electrons. The van der Waals surface area contributed by atoms with E-state index in [9.17, 15) is 0 Å². The molecule has 0 unspecified atom stereocenters. The summed E-state index contributed by atoms with van der Waals surface area (Å²) in [5, 5.41) is 0. The smallest absolute Gasteiger partial charge is 0.0257 e. The van der Waals surface area contributed by atoms with Crippen LogP contribution in [-0.4, -0.2) is 0 Å². The van der Waals surface area contributed by atoms with Gasteiger partial charge in [0, 0.05) is 0 Å². The summed E-state index contributed by atoms with van der Waals surface area (Å²) >= 11 is 0. The SMILES string of the molecule is CC1=CCCC2(CCCC2)C1. The van der Waals surface area contributed by atoms with Crippen molar-refractivity contribution < 1.29 is 0 Å². The zero-order chi connectivity index (χ0) is 7.73. The largest absolute Gasteiger partial charge is 0.0856 e. The average Bonchev–Trinajstić information content (AvgIpc) is 2.37. The van der Waals surface area contributed by atoms with Gasteiger partial charge in [0.25, 0.3) is 0 Å². The van der Waals surface area contributed by atoms with Crippen molar-refractivity contribution in [3.63, 3.8) is 0 Å². The highest BCUT2D eigenvalue weighted by atomic mass is 14.4. The van der Waals surface area contributed by atoms with Crippen LogP contribution in [0.15, 0.2) is 11.6 Å². The molecule has 0 amide bonds. The van der Waals surface area contributed by atoms with E-state index in [0.717, 1.165) is 5.41 Å². The van der Waals surface area contributed by atoms with Gasteiger partial charge >= 0.3 is 0 Å². The zero-order valence-corrected chi connectivity index (χ0v) is 7.53. The molecule has 0 atom stereocenters. The molecule has 1 saturated carbocycles. The van der Waals surface area contributed by atoms with Crippen LogP contribution in [0.3, 0.4) is 0 Å². The molecule has 0 heterocycles. The Labute approximate surface area is 69.7 Å². The maximum atomic E-state index is 2.43. The second-order valence-corrected chi connectivity index (χ2v) is 4.47. The van der Waals surface area contributed by atoms with Crippen LogP contribution in [0.1, 0.15) is 51.9 Å². The Bertz CT molecular complexity index is 170. The molecule has 2 aliphatic rings. The van der Waals surface area contributed by atoms with Crippen molar-refractivity contribution in [3.05, 3.63) is 11.6 Å². The Hall–Kier alpha value is -0.260. The normalized spacial score (nSPS) is 29.0. The zero-order valence-electron chi connectivity index (χ0n) is 7.53. The molecule has 1 spiro atoms. The first-order chi connectivity index (χ1) is 5.31. The van der Waals surface area contributed by atoms with E-state index in [2.05, 4.69) is 13.0 Å². The van der Waals surface area contributed by atoms with Gasteiger partial charge in [-0.2, -0.15) is 0 Å². The van der Waals surface area contributed by atoms with Crippen molar-refractivity contribution in [2.75, 3.05) is 0 Å². The van der Waals surface area contributed by atoms with Crippen LogP contribution >= 0.6 is 0 Å². The Morgan fingerprint density at radius 3 is 2.55 bits per heavy atom. The lowest BCUT2D eigenvalue weighted by Gasteiger charge is -2.32. The average molecular weight is 150 g/mol. The van der Waals surface area contributed by atoms with Gasteiger partial charge in [-0.15, -0.1) is 0 Å². The highest BCUT2D eigenvalue weighted by Crippen LogP contribution is 2.48. The second kappa shape index (κ2) is 2.66. The summed E-state index contributed by atoms with van der Waals surface area (Å²) in [7, 11) is 0. The van der Waals surface area contributed by atoms with E-state index in [1.807, 2.05) is 0 Å². The van der Waals surface area contributed by atoms with Crippen LogP contribution in [-0.2, 0) is 0 Å². The van der Waals surface area contributed by atoms with Crippen molar-refractivity contribution in [1.29, 1.82) is 0 Å². The van der Waals surface area contributed by atoms with Crippen molar-refractivity contribution >= 4 is 0 Å². The van der Waals surface area contributed by atoms with E-state index in [1.165, 1.54) is 44.9 Å². The predicted octanol–water partition coefficient (Wildman–Crippen LogP) is 3.68. The van der Waals surface area contributed by atoms with Crippen LogP contribution < -0.4 is 0 Å². The fourth-order valence-corrected chi connectivity index (χ4v) is 2.93. The fraction of sp³-hybridized carbons (Fsp3) is 0.818. The standard InChI is InChI=1S/C11H18/c1-10-5-4-8-11(9-10)6-2-3-7-11/h5H,2-4,6-9H2,1H3. The van der Waals surface area contributed by atoms with Crippen molar-refractivity contribution in [3.8, 4) is 0 Å². The summed E-state index contributed by atoms with van der Waals surface area (Å²) in [5.41, 5.74) is 2.43. The fourth-order valence-electron chi connectivity index (χ4n) is 2.93. The Kier molecular flexibility index (Phi) is 1.78. The first-order valence-electron chi connectivity index (χ1n) is 4.96. The van der Waals surface area contributed by atoms with Crippen LogP contribution in [0.5, 0.6) is 0 Å². The maximum absolute atomic E-state index is 2.43. The molecule has 0 aromatic heterocycles. The number of rotatable bonds is 0. The molecule has 0 aromatic carbocycles. The molecule has 0 saturated heterocycles. The van der Waals surface area contributed by atoms with Crippen molar-refractivity contribution in [2.45, 2.75) is 51.9 Å². The van der Waals surface area contributed by atoms with E-state index in [4.69, 9.17) is 0 Å². The van der Waals surface area contributed by atoms with Gasteiger partial charge in [-0.25, -0.2) is 0 Å². The van der Waals surface area contributed by atoms with Gasteiger partial charge in [-0.3, -0.25) is 0 Å². The highest BCUT2D eigenvalue weighted by molar-refractivity contribution is 5.08. The summed E-state index contributed by atoms with van der Waals surface area (Å²) in [6.07, 6.45) is 12.7. The molecule has 2 rings (SSSR count). The molecule has 0 N–H and O–H groups in total. The van der Waals surface area contributed by atoms with Crippen LogP contribution in [0.25, 0.3) is 0 Å². The lowest BCUT2D eigenvalue weighted by molar-refractivity contribution is 0.259. The van der Waals surface area contributed by atoms with E-state index in [-0.39, 0.29) is 0 Å². The Morgan fingerprint density at radius 1 is 1.18 bits per heavy atom. The molecule has 0 aromatic rings. The molecule has 0 aliphatic heterocycles. The van der Waals surface area contributed by atoms with E-state index >= 15 is 0 Å². The van der Waals surface area contributed by atoms with Gasteiger partial charge in [0.15, 0.2) is 0 Å². The molecule has 0 heteroatoms. The molecule has 1 fully saturated rings. The van der Waals surface area contributed by atoms with Gasteiger partial charge < -0.3 is 0 Å². The van der Waals surface area contributed by atoms with Gasteiger partial charge in [-0.1, -0.05) is 24.5 Å².